The van der Waals surface area contributed by atoms with E-state index in [0.717, 1.165) is 5.56 Å². The molecule has 0 heterocycles. The second kappa shape index (κ2) is 15.6. The van der Waals surface area contributed by atoms with E-state index in [-0.39, 0.29) is 13.2 Å². The molecule has 1 aromatic rings. The van der Waals surface area contributed by atoms with Crippen LogP contribution < -0.4 is 5.32 Å². The van der Waals surface area contributed by atoms with Crippen LogP contribution in [-0.2, 0) is 35.1 Å². The number of esters is 1. The summed E-state index contributed by atoms with van der Waals surface area (Å²) in [7, 11) is 0. The second-order valence-corrected chi connectivity index (χ2v) is 5.74. The summed E-state index contributed by atoms with van der Waals surface area (Å²) in [6, 6.07) is 9.46. The average Bonchev–Trinajstić information content (AvgIpc) is 2.70. The van der Waals surface area contributed by atoms with Crippen LogP contribution in [0.15, 0.2) is 42.5 Å². The highest BCUT2D eigenvalue weighted by molar-refractivity contribution is 5.86. The lowest BCUT2D eigenvalue weighted by molar-refractivity contribution is -0.140. The van der Waals surface area contributed by atoms with E-state index in [1.165, 1.54) is 0 Å². The smallest absolute Gasteiger partial charge is 0.407 e. The largest absolute Gasteiger partial charge is 0.460 e. The normalized spacial score (nSPS) is 10.3. The van der Waals surface area contributed by atoms with Gasteiger partial charge in [-0.15, -0.1) is 0 Å². The van der Waals surface area contributed by atoms with Gasteiger partial charge in [-0.1, -0.05) is 36.9 Å². The molecule has 156 valence electrons. The number of hydrogen-bond donors (Lipinski definition) is 1. The van der Waals surface area contributed by atoms with Gasteiger partial charge in [0.25, 0.3) is 0 Å². The predicted molar refractivity (Wildman–Crippen MR) is 103 cm³/mol. The number of nitrogens with one attached hydrogen (secondary N) is 1. The van der Waals surface area contributed by atoms with Gasteiger partial charge >= 0.3 is 12.1 Å². The number of alkyl carbamates (subject to hydrolysis) is 1. The molecule has 1 amide bonds. The van der Waals surface area contributed by atoms with Crippen molar-refractivity contribution in [3.63, 3.8) is 0 Å². The van der Waals surface area contributed by atoms with Gasteiger partial charge < -0.3 is 29.0 Å². The first-order valence-corrected chi connectivity index (χ1v) is 9.10. The summed E-state index contributed by atoms with van der Waals surface area (Å²) in [4.78, 5) is 22.6. The minimum Gasteiger partial charge on any atom is -0.460 e. The van der Waals surface area contributed by atoms with Crippen molar-refractivity contribution in [1.29, 1.82) is 0 Å². The van der Waals surface area contributed by atoms with Gasteiger partial charge in [0, 0.05) is 12.1 Å². The first-order chi connectivity index (χ1) is 13.6. The van der Waals surface area contributed by atoms with Crippen LogP contribution in [0.2, 0.25) is 0 Å². The van der Waals surface area contributed by atoms with E-state index in [2.05, 4.69) is 11.9 Å². The summed E-state index contributed by atoms with van der Waals surface area (Å²) in [5, 5.41) is 2.61. The van der Waals surface area contributed by atoms with Crippen molar-refractivity contribution in [3.05, 3.63) is 48.0 Å². The van der Waals surface area contributed by atoms with Crippen molar-refractivity contribution in [2.45, 2.75) is 13.5 Å². The van der Waals surface area contributed by atoms with Crippen LogP contribution in [0, 0.1) is 0 Å². The van der Waals surface area contributed by atoms with Gasteiger partial charge in [0.2, 0.25) is 0 Å². The van der Waals surface area contributed by atoms with Crippen molar-refractivity contribution in [3.8, 4) is 0 Å². The van der Waals surface area contributed by atoms with Gasteiger partial charge in [-0.25, -0.2) is 9.59 Å². The van der Waals surface area contributed by atoms with Gasteiger partial charge in [-0.3, -0.25) is 0 Å². The molecule has 0 aliphatic rings. The zero-order valence-electron chi connectivity index (χ0n) is 16.3. The number of hydrogen-bond acceptors (Lipinski definition) is 7. The summed E-state index contributed by atoms with van der Waals surface area (Å²) in [6.45, 7) is 8.20. The fraction of sp³-hybridized carbons (Fsp3) is 0.500. The third-order valence-electron chi connectivity index (χ3n) is 3.28. The standard InChI is InChI=1S/C20H29NO7/c1-17(2)19(22)27-15-14-26-13-12-25-11-10-24-9-8-21-20(23)28-16-18-6-4-3-5-7-18/h3-7H,1,8-16H2,2H3,(H,21,23). The Morgan fingerprint density at radius 3 is 2.04 bits per heavy atom. The molecular formula is C20H29NO7. The molecule has 0 saturated heterocycles. The van der Waals surface area contributed by atoms with Gasteiger partial charge in [0.1, 0.15) is 13.2 Å². The summed E-state index contributed by atoms with van der Waals surface area (Å²) in [6.07, 6.45) is -0.477. The Kier molecular flexibility index (Phi) is 13.2. The third kappa shape index (κ3) is 12.9. The maximum atomic E-state index is 11.5. The average molecular weight is 395 g/mol. The van der Waals surface area contributed by atoms with E-state index in [1.807, 2.05) is 30.3 Å². The van der Waals surface area contributed by atoms with Gasteiger partial charge in [-0.2, -0.15) is 0 Å². The van der Waals surface area contributed by atoms with Crippen LogP contribution in [0.4, 0.5) is 4.79 Å². The Morgan fingerprint density at radius 1 is 0.857 bits per heavy atom. The van der Waals surface area contributed by atoms with E-state index in [0.29, 0.717) is 51.8 Å². The highest BCUT2D eigenvalue weighted by atomic mass is 16.6. The van der Waals surface area contributed by atoms with Crippen LogP contribution in [0.25, 0.3) is 0 Å². The Labute approximate surface area is 165 Å². The lowest BCUT2D eigenvalue weighted by atomic mass is 10.2. The Morgan fingerprint density at radius 2 is 1.43 bits per heavy atom. The molecule has 1 aromatic carbocycles. The van der Waals surface area contributed by atoms with Crippen LogP contribution in [0.3, 0.4) is 0 Å². The molecule has 0 atom stereocenters. The molecular weight excluding hydrogens is 366 g/mol. The first kappa shape index (κ1) is 23.6. The SMILES string of the molecule is C=C(C)C(=O)OCCOCCOCCOCCNC(=O)OCc1ccccc1. The van der Waals surface area contributed by atoms with E-state index in [4.69, 9.17) is 23.7 Å². The molecule has 0 radical (unpaired) electrons. The van der Waals surface area contributed by atoms with Crippen LogP contribution >= 0.6 is 0 Å². The number of ether oxygens (including phenoxy) is 5. The minimum absolute atomic E-state index is 0.190. The maximum absolute atomic E-state index is 11.5. The third-order valence-corrected chi connectivity index (χ3v) is 3.28. The maximum Gasteiger partial charge on any atom is 0.407 e. The second-order valence-electron chi connectivity index (χ2n) is 5.74. The highest BCUT2D eigenvalue weighted by Crippen LogP contribution is 2.00. The Hall–Kier alpha value is -2.42. The van der Waals surface area contributed by atoms with Crippen molar-refractivity contribution < 1.29 is 33.3 Å². The molecule has 0 spiro atoms. The van der Waals surface area contributed by atoms with E-state index < -0.39 is 12.1 Å². The molecule has 0 saturated carbocycles. The molecule has 0 aliphatic heterocycles. The van der Waals surface area contributed by atoms with Crippen LogP contribution in [-0.4, -0.2) is 64.9 Å². The number of carbonyl (C=O) groups is 2. The van der Waals surface area contributed by atoms with Crippen LogP contribution in [0.1, 0.15) is 12.5 Å². The Balaban J connectivity index is 1.81. The molecule has 0 aromatic heterocycles. The molecule has 0 fully saturated rings. The molecule has 1 N–H and O–H groups in total. The molecule has 28 heavy (non-hydrogen) atoms. The lowest BCUT2D eigenvalue weighted by Gasteiger charge is -2.09. The fourth-order valence-corrected chi connectivity index (χ4v) is 1.86. The molecule has 0 bridgehead atoms. The minimum atomic E-state index is -0.477. The van der Waals surface area contributed by atoms with E-state index >= 15 is 0 Å². The zero-order valence-corrected chi connectivity index (χ0v) is 16.3. The quantitative estimate of drug-likeness (QED) is 0.276. The van der Waals surface area contributed by atoms with Crippen molar-refractivity contribution in [2.24, 2.45) is 0 Å². The monoisotopic (exact) mass is 395 g/mol. The van der Waals surface area contributed by atoms with Gasteiger partial charge in [-0.05, 0) is 12.5 Å². The topological polar surface area (TPSA) is 92.3 Å². The van der Waals surface area contributed by atoms with Crippen molar-refractivity contribution >= 4 is 12.1 Å². The lowest BCUT2D eigenvalue weighted by Crippen LogP contribution is -2.28. The molecule has 0 aliphatic carbocycles. The van der Waals surface area contributed by atoms with E-state index in [9.17, 15) is 9.59 Å². The highest BCUT2D eigenvalue weighted by Gasteiger charge is 2.02. The summed E-state index contributed by atoms with van der Waals surface area (Å²) in [5.41, 5.74) is 1.30. The first-order valence-electron chi connectivity index (χ1n) is 9.10. The summed E-state index contributed by atoms with van der Waals surface area (Å²) >= 11 is 0. The molecule has 1 rings (SSSR count). The van der Waals surface area contributed by atoms with Crippen LogP contribution in [0.5, 0.6) is 0 Å². The summed E-state index contributed by atoms with van der Waals surface area (Å²) in [5.74, 6) is -0.420. The fourth-order valence-electron chi connectivity index (χ4n) is 1.86. The predicted octanol–water partition coefficient (Wildman–Crippen LogP) is 2.08. The van der Waals surface area contributed by atoms with Crippen molar-refractivity contribution in [1.82, 2.24) is 5.32 Å². The number of carbonyl (C=O) groups excluding carboxylic acids is 2. The van der Waals surface area contributed by atoms with E-state index in [1.54, 1.807) is 6.92 Å². The van der Waals surface area contributed by atoms with Gasteiger partial charge in [0.15, 0.2) is 0 Å². The summed E-state index contributed by atoms with van der Waals surface area (Å²) < 4.78 is 25.9. The number of benzene rings is 1. The van der Waals surface area contributed by atoms with Crippen molar-refractivity contribution in [2.75, 3.05) is 52.8 Å². The zero-order chi connectivity index (χ0) is 20.5. The molecule has 8 heteroatoms. The van der Waals surface area contributed by atoms with Gasteiger partial charge in [0.05, 0.1) is 39.6 Å². The number of amides is 1. The molecule has 0 unspecified atom stereocenters. The molecule has 8 nitrogen and oxygen atoms in total. The number of rotatable bonds is 15. The Bertz CT molecular complexity index is 577.